The minimum absolute atomic E-state index is 0.0140. The Kier molecular flexibility index (Phi) is 8.41. The van der Waals surface area contributed by atoms with Gasteiger partial charge >= 0.3 is 6.18 Å². The number of carbonyl (C=O) groups excluding carboxylic acids is 1. The monoisotopic (exact) mass is 577 g/mol. The molecule has 10 heteroatoms. The van der Waals surface area contributed by atoms with Crippen LogP contribution in [0.15, 0.2) is 60.8 Å². The predicted octanol–water partition coefficient (Wildman–Crippen LogP) is 5.74. The fourth-order valence-electron chi connectivity index (χ4n) is 6.08. The molecule has 7 nitrogen and oxygen atoms in total. The van der Waals surface area contributed by atoms with E-state index >= 15 is 0 Å². The van der Waals surface area contributed by atoms with Crippen LogP contribution in [0.4, 0.5) is 18.9 Å². The number of alkyl halides is 3. The van der Waals surface area contributed by atoms with Gasteiger partial charge in [-0.3, -0.25) is 9.69 Å². The molecule has 1 N–H and O–H groups in total. The van der Waals surface area contributed by atoms with Gasteiger partial charge in [-0.1, -0.05) is 24.3 Å². The standard InChI is InChI=1S/C32H34F3N5O2/c1-3-42-30-26(6-4-16-37-30)22-8-10-24(11-9-22)31(38-29(41)28-7-5-17-39(28)2)14-18-40(19-15-31)27-13-12-25(32(33,34)35)20-23(27)21-36/h4,6,8-13,16,20,28H,3,5,7,14-15,17-19H2,1-2H3,(H,38,41)/t28-/m1/s1. The van der Waals surface area contributed by atoms with Crippen LogP contribution in [0, 0.1) is 11.3 Å². The second-order valence-corrected chi connectivity index (χ2v) is 10.9. The predicted molar refractivity (Wildman–Crippen MR) is 154 cm³/mol. The molecule has 220 valence electrons. The van der Waals surface area contributed by atoms with Crippen molar-refractivity contribution in [3.8, 4) is 23.1 Å². The number of ether oxygens (including phenoxy) is 1. The first kappa shape index (κ1) is 29.4. The lowest BCUT2D eigenvalue weighted by Gasteiger charge is -2.44. The second kappa shape index (κ2) is 12.0. The Balaban J connectivity index is 1.44. The zero-order chi connectivity index (χ0) is 29.9. The minimum atomic E-state index is -4.52. The molecule has 0 aliphatic carbocycles. The van der Waals surface area contributed by atoms with Gasteiger partial charge in [-0.15, -0.1) is 0 Å². The molecule has 0 radical (unpaired) electrons. The quantitative estimate of drug-likeness (QED) is 0.386. The van der Waals surface area contributed by atoms with Crippen molar-refractivity contribution in [3.63, 3.8) is 0 Å². The summed E-state index contributed by atoms with van der Waals surface area (Å²) in [6, 6.07) is 16.9. The van der Waals surface area contributed by atoms with Crippen LogP contribution in [0.5, 0.6) is 5.88 Å². The number of carbonyl (C=O) groups is 1. The first-order valence-corrected chi connectivity index (χ1v) is 14.2. The number of nitrogens with one attached hydrogen (secondary N) is 1. The Bertz CT molecular complexity index is 1460. The van der Waals surface area contributed by atoms with Gasteiger partial charge in [-0.05, 0) is 87.7 Å². The number of likely N-dealkylation sites (N-methyl/N-ethyl adjacent to an activating group) is 1. The average molecular weight is 578 g/mol. The number of hydrogen-bond donors (Lipinski definition) is 1. The molecule has 2 saturated heterocycles. The van der Waals surface area contributed by atoms with Crippen LogP contribution in [0.25, 0.3) is 11.1 Å². The van der Waals surface area contributed by atoms with E-state index in [1.807, 2.05) is 61.3 Å². The maximum atomic E-state index is 13.6. The van der Waals surface area contributed by atoms with Gasteiger partial charge in [0.2, 0.25) is 11.8 Å². The van der Waals surface area contributed by atoms with E-state index < -0.39 is 17.3 Å². The molecule has 0 bridgehead atoms. The third kappa shape index (κ3) is 5.93. The zero-order valence-electron chi connectivity index (χ0n) is 23.7. The smallest absolute Gasteiger partial charge is 0.416 e. The largest absolute Gasteiger partial charge is 0.478 e. The van der Waals surface area contributed by atoms with E-state index in [2.05, 4.69) is 15.2 Å². The molecule has 1 aromatic heterocycles. The van der Waals surface area contributed by atoms with Gasteiger partial charge in [0.1, 0.15) is 6.07 Å². The normalized spacial score (nSPS) is 18.9. The molecule has 3 heterocycles. The second-order valence-electron chi connectivity index (χ2n) is 10.9. The summed E-state index contributed by atoms with van der Waals surface area (Å²) in [7, 11) is 1.96. The Morgan fingerprint density at radius 3 is 2.50 bits per heavy atom. The molecule has 1 amide bonds. The third-order valence-electron chi connectivity index (χ3n) is 8.39. The van der Waals surface area contributed by atoms with E-state index in [4.69, 9.17) is 4.74 Å². The summed E-state index contributed by atoms with van der Waals surface area (Å²) in [6.07, 6.45) is -0.0289. The van der Waals surface area contributed by atoms with Crippen LogP contribution in [-0.2, 0) is 16.5 Å². The summed E-state index contributed by atoms with van der Waals surface area (Å²) >= 11 is 0. The molecule has 2 aromatic carbocycles. The van der Waals surface area contributed by atoms with E-state index in [1.54, 1.807) is 6.20 Å². The lowest BCUT2D eigenvalue weighted by atomic mass is 9.79. The van der Waals surface area contributed by atoms with Gasteiger partial charge in [0.15, 0.2) is 0 Å². The molecule has 3 aromatic rings. The zero-order valence-corrected chi connectivity index (χ0v) is 23.7. The van der Waals surface area contributed by atoms with Gasteiger partial charge in [0.05, 0.1) is 35.0 Å². The van der Waals surface area contributed by atoms with Gasteiger partial charge < -0.3 is 15.0 Å². The molecular weight excluding hydrogens is 543 g/mol. The van der Waals surface area contributed by atoms with Crippen molar-refractivity contribution < 1.29 is 22.7 Å². The number of benzene rings is 2. The number of anilines is 1. The van der Waals surface area contributed by atoms with Gasteiger partial charge in [-0.25, -0.2) is 4.98 Å². The summed E-state index contributed by atoms with van der Waals surface area (Å²) in [5.74, 6) is 0.531. The van der Waals surface area contributed by atoms with Crippen LogP contribution >= 0.6 is 0 Å². The van der Waals surface area contributed by atoms with Gasteiger partial charge in [-0.2, -0.15) is 18.4 Å². The van der Waals surface area contributed by atoms with Crippen molar-refractivity contribution in [3.05, 3.63) is 77.5 Å². The van der Waals surface area contributed by atoms with Crippen LogP contribution < -0.4 is 15.0 Å². The van der Waals surface area contributed by atoms with Crippen molar-refractivity contribution in [2.45, 2.75) is 50.4 Å². The molecular formula is C32H34F3N5O2. The molecule has 2 fully saturated rings. The van der Waals surface area contributed by atoms with E-state index in [9.17, 15) is 23.2 Å². The molecule has 0 unspecified atom stereocenters. The molecule has 42 heavy (non-hydrogen) atoms. The number of nitrogens with zero attached hydrogens (tertiary/aromatic N) is 4. The molecule has 5 rings (SSSR count). The van der Waals surface area contributed by atoms with Crippen LogP contribution in [0.2, 0.25) is 0 Å². The number of halogens is 3. The highest BCUT2D eigenvalue weighted by atomic mass is 19.4. The van der Waals surface area contributed by atoms with Gasteiger partial charge in [0.25, 0.3) is 0 Å². The molecule has 2 aliphatic rings. The maximum Gasteiger partial charge on any atom is 0.416 e. The number of nitriles is 1. The number of likely N-dealkylation sites (tertiary alicyclic amines) is 1. The molecule has 0 spiro atoms. The fourth-order valence-corrected chi connectivity index (χ4v) is 6.08. The minimum Gasteiger partial charge on any atom is -0.478 e. The molecule has 1 atom stereocenters. The van der Waals surface area contributed by atoms with Crippen molar-refractivity contribution in [1.82, 2.24) is 15.2 Å². The Hall–Kier alpha value is -4.10. The summed E-state index contributed by atoms with van der Waals surface area (Å²) < 4.78 is 45.5. The van der Waals surface area contributed by atoms with E-state index in [1.165, 1.54) is 6.07 Å². The summed E-state index contributed by atoms with van der Waals surface area (Å²) in [5.41, 5.74) is 1.70. The summed E-state index contributed by atoms with van der Waals surface area (Å²) in [6.45, 7) is 4.19. The highest BCUT2D eigenvalue weighted by Crippen LogP contribution is 2.39. The lowest BCUT2D eigenvalue weighted by molar-refractivity contribution is -0.137. The highest BCUT2D eigenvalue weighted by Gasteiger charge is 2.41. The van der Waals surface area contributed by atoms with Crippen molar-refractivity contribution in [2.24, 2.45) is 0 Å². The van der Waals surface area contributed by atoms with Crippen LogP contribution in [-0.4, -0.2) is 55.1 Å². The van der Waals surface area contributed by atoms with E-state index in [-0.39, 0.29) is 17.5 Å². The number of pyridine rings is 1. The number of piperidine rings is 1. The number of rotatable bonds is 7. The lowest BCUT2D eigenvalue weighted by Crippen LogP contribution is -2.56. The summed E-state index contributed by atoms with van der Waals surface area (Å²) in [4.78, 5) is 21.9. The van der Waals surface area contributed by atoms with E-state index in [0.29, 0.717) is 44.1 Å². The first-order valence-electron chi connectivity index (χ1n) is 14.2. The van der Waals surface area contributed by atoms with Crippen molar-refractivity contribution in [1.29, 1.82) is 5.26 Å². The number of aromatic nitrogens is 1. The number of amides is 1. The maximum absolute atomic E-state index is 13.6. The van der Waals surface area contributed by atoms with E-state index in [0.717, 1.165) is 48.2 Å². The van der Waals surface area contributed by atoms with Gasteiger partial charge in [0, 0.05) is 24.8 Å². The topological polar surface area (TPSA) is 81.5 Å². The Labute approximate surface area is 243 Å². The van der Waals surface area contributed by atoms with Crippen LogP contribution in [0.3, 0.4) is 0 Å². The average Bonchev–Trinajstić information content (AvgIpc) is 3.43. The number of hydrogen-bond acceptors (Lipinski definition) is 6. The summed E-state index contributed by atoms with van der Waals surface area (Å²) in [5, 5.41) is 13.0. The molecule has 0 saturated carbocycles. The Morgan fingerprint density at radius 2 is 1.88 bits per heavy atom. The highest BCUT2D eigenvalue weighted by molar-refractivity contribution is 5.83. The van der Waals surface area contributed by atoms with Crippen molar-refractivity contribution in [2.75, 3.05) is 38.2 Å². The third-order valence-corrected chi connectivity index (χ3v) is 8.39. The fraction of sp³-hybridized carbons (Fsp3) is 0.406. The SMILES string of the molecule is CCOc1ncccc1-c1ccc(C2(NC(=O)[C@H]3CCCN3C)CCN(c3ccc(C(F)(F)F)cc3C#N)CC2)cc1. The van der Waals surface area contributed by atoms with Crippen LogP contribution in [0.1, 0.15) is 49.3 Å². The first-order chi connectivity index (χ1) is 20.1. The Morgan fingerprint density at radius 1 is 1.14 bits per heavy atom. The van der Waals surface area contributed by atoms with Crippen molar-refractivity contribution >= 4 is 11.6 Å². The molecule has 2 aliphatic heterocycles.